The van der Waals surface area contributed by atoms with E-state index in [2.05, 4.69) is 0 Å². The second-order valence-corrected chi connectivity index (χ2v) is 6.01. The zero-order chi connectivity index (χ0) is 17.1. The zero-order valence-electron chi connectivity index (χ0n) is 13.3. The highest BCUT2D eigenvalue weighted by Gasteiger charge is 2.37. The molecule has 2 heterocycles. The van der Waals surface area contributed by atoms with Crippen LogP contribution in [0.1, 0.15) is 23.2 Å². The minimum Gasteiger partial charge on any atom is -0.479 e. The third-order valence-electron chi connectivity index (χ3n) is 4.47. The first kappa shape index (κ1) is 16.4. The van der Waals surface area contributed by atoms with E-state index in [1.807, 2.05) is 18.2 Å². The lowest BCUT2D eigenvalue weighted by molar-refractivity contribution is -0.155. The molecule has 2 atom stereocenters. The summed E-state index contributed by atoms with van der Waals surface area (Å²) >= 11 is 0. The second-order valence-electron chi connectivity index (χ2n) is 6.01. The molecule has 0 spiro atoms. The molecule has 2 aliphatic heterocycles. The Morgan fingerprint density at radius 1 is 0.917 bits per heavy atom. The van der Waals surface area contributed by atoms with Gasteiger partial charge in [0.1, 0.15) is 6.10 Å². The van der Waals surface area contributed by atoms with Gasteiger partial charge in [0.15, 0.2) is 6.10 Å². The lowest BCUT2D eigenvalue weighted by Gasteiger charge is -2.35. The number of hydrogen-bond donors (Lipinski definition) is 1. The smallest absolute Gasteiger partial charge is 0.332 e. The maximum Gasteiger partial charge on any atom is 0.332 e. The minimum atomic E-state index is -1.02. The summed E-state index contributed by atoms with van der Waals surface area (Å²) in [6, 6.07) is 9.06. The fourth-order valence-corrected chi connectivity index (χ4v) is 3.10. The Bertz CT molecular complexity index is 625. The van der Waals surface area contributed by atoms with E-state index in [9.17, 15) is 14.4 Å². The minimum absolute atomic E-state index is 0.0363. The summed E-state index contributed by atoms with van der Waals surface area (Å²) in [6.07, 6.45) is -0.778. The molecule has 2 fully saturated rings. The van der Waals surface area contributed by atoms with Gasteiger partial charge < -0.3 is 19.6 Å². The van der Waals surface area contributed by atoms with E-state index in [4.69, 9.17) is 9.84 Å². The van der Waals surface area contributed by atoms with Gasteiger partial charge >= 0.3 is 5.97 Å². The molecule has 2 aliphatic rings. The molecule has 7 nitrogen and oxygen atoms in total. The lowest BCUT2D eigenvalue weighted by Crippen LogP contribution is -2.53. The van der Waals surface area contributed by atoms with Crippen LogP contribution in [0.2, 0.25) is 0 Å². The van der Waals surface area contributed by atoms with Gasteiger partial charge in [0.05, 0.1) is 0 Å². The van der Waals surface area contributed by atoms with Crippen molar-refractivity contribution in [1.82, 2.24) is 9.80 Å². The molecule has 2 amide bonds. The molecule has 7 heteroatoms. The van der Waals surface area contributed by atoms with E-state index >= 15 is 0 Å². The number of rotatable bonds is 3. The number of benzene rings is 1. The molecule has 0 bridgehead atoms. The van der Waals surface area contributed by atoms with Crippen LogP contribution in [0.25, 0.3) is 0 Å². The van der Waals surface area contributed by atoms with Crippen LogP contribution in [-0.2, 0) is 14.3 Å². The van der Waals surface area contributed by atoms with Crippen LogP contribution in [-0.4, -0.2) is 71.1 Å². The molecule has 3 rings (SSSR count). The van der Waals surface area contributed by atoms with E-state index in [0.29, 0.717) is 44.6 Å². The van der Waals surface area contributed by atoms with Crippen molar-refractivity contribution in [3.63, 3.8) is 0 Å². The number of carbonyl (C=O) groups is 3. The predicted octanol–water partition coefficient (Wildman–Crippen LogP) is 0.603. The van der Waals surface area contributed by atoms with E-state index in [1.165, 1.54) is 0 Å². The van der Waals surface area contributed by atoms with Crippen molar-refractivity contribution in [3.05, 3.63) is 35.9 Å². The molecule has 1 aromatic carbocycles. The first-order chi connectivity index (χ1) is 11.6. The third-order valence-corrected chi connectivity index (χ3v) is 4.47. The Labute approximate surface area is 139 Å². The normalized spacial score (nSPS) is 24.0. The molecule has 0 saturated carbocycles. The van der Waals surface area contributed by atoms with Gasteiger partial charge in [-0.2, -0.15) is 0 Å². The fourth-order valence-electron chi connectivity index (χ4n) is 3.10. The van der Waals surface area contributed by atoms with Crippen LogP contribution >= 0.6 is 0 Å². The van der Waals surface area contributed by atoms with Crippen LogP contribution in [0.5, 0.6) is 0 Å². The van der Waals surface area contributed by atoms with Gasteiger partial charge in [0.2, 0.25) is 0 Å². The van der Waals surface area contributed by atoms with Gasteiger partial charge in [-0.3, -0.25) is 9.59 Å². The van der Waals surface area contributed by atoms with Gasteiger partial charge in [0.25, 0.3) is 11.8 Å². The SMILES string of the molecule is O=C(O)[C@H]1CC[C@@H](C(=O)N2CCN(C(=O)c3ccccc3)CC2)O1. The number of carbonyl (C=O) groups excluding carboxylic acids is 2. The average molecular weight is 332 g/mol. The molecule has 0 aliphatic carbocycles. The fraction of sp³-hybridized carbons (Fsp3) is 0.471. The summed E-state index contributed by atoms with van der Waals surface area (Å²) in [4.78, 5) is 39.1. The monoisotopic (exact) mass is 332 g/mol. The zero-order valence-corrected chi connectivity index (χ0v) is 13.3. The number of carboxylic acids is 1. The number of ether oxygens (including phenoxy) is 1. The van der Waals surface area contributed by atoms with Crippen molar-refractivity contribution in [2.24, 2.45) is 0 Å². The molecule has 0 unspecified atom stereocenters. The summed E-state index contributed by atoms with van der Waals surface area (Å²) in [5.41, 5.74) is 0.640. The van der Waals surface area contributed by atoms with Crippen molar-refractivity contribution < 1.29 is 24.2 Å². The van der Waals surface area contributed by atoms with Gasteiger partial charge in [-0.15, -0.1) is 0 Å². The number of amides is 2. The van der Waals surface area contributed by atoms with Gasteiger partial charge in [-0.05, 0) is 25.0 Å². The summed E-state index contributed by atoms with van der Waals surface area (Å²) in [5, 5.41) is 8.93. The molecular formula is C17H20N2O5. The number of carboxylic acid groups (broad SMARTS) is 1. The van der Waals surface area contributed by atoms with Crippen LogP contribution in [0.4, 0.5) is 0 Å². The molecule has 128 valence electrons. The maximum atomic E-state index is 12.4. The van der Waals surface area contributed by atoms with Crippen LogP contribution < -0.4 is 0 Å². The summed E-state index contributed by atoms with van der Waals surface area (Å²) in [6.45, 7) is 1.81. The largest absolute Gasteiger partial charge is 0.479 e. The Balaban J connectivity index is 1.53. The summed E-state index contributed by atoms with van der Waals surface area (Å²) < 4.78 is 5.31. The van der Waals surface area contributed by atoms with E-state index in [-0.39, 0.29) is 11.8 Å². The number of hydrogen-bond acceptors (Lipinski definition) is 4. The van der Waals surface area contributed by atoms with Crippen molar-refractivity contribution in [2.75, 3.05) is 26.2 Å². The molecule has 1 aromatic rings. The van der Waals surface area contributed by atoms with E-state index in [0.717, 1.165) is 0 Å². The maximum absolute atomic E-state index is 12.4. The highest BCUT2D eigenvalue weighted by Crippen LogP contribution is 2.22. The molecule has 0 aromatic heterocycles. The Morgan fingerprint density at radius 2 is 1.50 bits per heavy atom. The number of aliphatic carboxylic acids is 1. The molecule has 0 radical (unpaired) electrons. The van der Waals surface area contributed by atoms with Crippen LogP contribution in [0, 0.1) is 0 Å². The third kappa shape index (κ3) is 3.41. The molecular weight excluding hydrogens is 312 g/mol. The standard InChI is InChI=1S/C17H20N2O5/c20-15(12-4-2-1-3-5-12)18-8-10-19(11-9-18)16(21)13-6-7-14(24-13)17(22)23/h1-5,13-14H,6-11H2,(H,22,23)/t13-,14+/m0/s1. The van der Waals surface area contributed by atoms with Crippen molar-refractivity contribution in [1.29, 1.82) is 0 Å². The predicted molar refractivity (Wildman–Crippen MR) is 84.5 cm³/mol. The molecule has 2 saturated heterocycles. The van der Waals surface area contributed by atoms with E-state index in [1.54, 1.807) is 21.9 Å². The van der Waals surface area contributed by atoms with Crippen molar-refractivity contribution >= 4 is 17.8 Å². The van der Waals surface area contributed by atoms with Gasteiger partial charge in [-0.25, -0.2) is 4.79 Å². The Hall–Kier alpha value is -2.41. The number of piperazine rings is 1. The van der Waals surface area contributed by atoms with Gasteiger partial charge in [0, 0.05) is 31.7 Å². The Kier molecular flexibility index (Phi) is 4.80. The van der Waals surface area contributed by atoms with E-state index < -0.39 is 18.2 Å². The Morgan fingerprint density at radius 3 is 2.08 bits per heavy atom. The van der Waals surface area contributed by atoms with Crippen molar-refractivity contribution in [2.45, 2.75) is 25.0 Å². The first-order valence-corrected chi connectivity index (χ1v) is 8.07. The van der Waals surface area contributed by atoms with Crippen LogP contribution in [0.15, 0.2) is 30.3 Å². The lowest BCUT2D eigenvalue weighted by atomic mass is 10.1. The second kappa shape index (κ2) is 7.00. The number of nitrogens with zero attached hydrogens (tertiary/aromatic N) is 2. The summed E-state index contributed by atoms with van der Waals surface area (Å²) in [7, 11) is 0. The average Bonchev–Trinajstić information content (AvgIpc) is 3.12. The first-order valence-electron chi connectivity index (χ1n) is 8.07. The van der Waals surface area contributed by atoms with Crippen molar-refractivity contribution in [3.8, 4) is 0 Å². The molecule has 24 heavy (non-hydrogen) atoms. The van der Waals surface area contributed by atoms with Crippen LogP contribution in [0.3, 0.4) is 0 Å². The van der Waals surface area contributed by atoms with Gasteiger partial charge in [-0.1, -0.05) is 18.2 Å². The highest BCUT2D eigenvalue weighted by molar-refractivity contribution is 5.94. The topological polar surface area (TPSA) is 87.2 Å². The molecule has 1 N–H and O–H groups in total. The highest BCUT2D eigenvalue weighted by atomic mass is 16.5. The summed E-state index contributed by atoms with van der Waals surface area (Å²) in [5.74, 6) is -1.24. The quantitative estimate of drug-likeness (QED) is 0.876.